The molecule has 0 saturated carbocycles. The van der Waals surface area contributed by atoms with Gasteiger partial charge < -0.3 is 20.1 Å². The number of aromatic nitrogens is 3. The molecule has 2 aromatic heterocycles. The van der Waals surface area contributed by atoms with E-state index in [0.29, 0.717) is 35.0 Å². The summed E-state index contributed by atoms with van der Waals surface area (Å²) in [7, 11) is 1.58. The molecule has 0 saturated heterocycles. The van der Waals surface area contributed by atoms with E-state index in [1.807, 2.05) is 37.3 Å². The highest BCUT2D eigenvalue weighted by atomic mass is 16.5. The molecule has 5 rings (SSSR count). The topological polar surface area (TPSA) is 107 Å². The summed E-state index contributed by atoms with van der Waals surface area (Å²) < 4.78 is 12.6. The van der Waals surface area contributed by atoms with Gasteiger partial charge in [0, 0.05) is 30.2 Å². The highest BCUT2D eigenvalue weighted by molar-refractivity contribution is 5.95. The highest BCUT2D eigenvalue weighted by Crippen LogP contribution is 2.29. The van der Waals surface area contributed by atoms with E-state index in [4.69, 9.17) is 9.47 Å². The molecule has 2 N–H and O–H groups in total. The van der Waals surface area contributed by atoms with E-state index in [2.05, 4.69) is 20.7 Å². The number of carbonyl (C=O) groups is 1. The average molecular weight is 534 g/mol. The minimum absolute atomic E-state index is 0.167. The van der Waals surface area contributed by atoms with E-state index < -0.39 is 5.56 Å². The van der Waals surface area contributed by atoms with Crippen molar-refractivity contribution < 1.29 is 14.3 Å². The Kier molecular flexibility index (Phi) is 7.82. The van der Waals surface area contributed by atoms with Gasteiger partial charge in [0.25, 0.3) is 11.5 Å². The number of hydrogen-bond donors (Lipinski definition) is 2. The maximum absolute atomic E-state index is 13.7. The van der Waals surface area contributed by atoms with Gasteiger partial charge in [-0.1, -0.05) is 24.3 Å². The predicted octanol–water partition coefficient (Wildman–Crippen LogP) is 5.41. The predicted molar refractivity (Wildman–Crippen MR) is 153 cm³/mol. The van der Waals surface area contributed by atoms with Crippen molar-refractivity contribution in [2.75, 3.05) is 12.4 Å². The monoisotopic (exact) mass is 533 g/mol. The molecule has 40 heavy (non-hydrogen) atoms. The second-order valence-electron chi connectivity index (χ2n) is 8.97. The summed E-state index contributed by atoms with van der Waals surface area (Å²) in [6.07, 6.45) is 4.87. The van der Waals surface area contributed by atoms with Gasteiger partial charge in [-0.05, 0) is 78.7 Å². The third-order valence-electron chi connectivity index (χ3n) is 6.05. The van der Waals surface area contributed by atoms with Crippen molar-refractivity contribution in [3.05, 3.63) is 131 Å². The molecule has 0 spiro atoms. The molecule has 0 aliphatic carbocycles. The normalized spacial score (nSPS) is 10.6. The number of aryl methyl sites for hydroxylation is 1. The SMILES string of the molecule is COc1ccc(-n2ncc(Oc3cccc(C)c3)c(Nc3cccc(C(=O)NCc4cccnc4)c3)c2=O)cc1. The Morgan fingerprint density at radius 3 is 2.50 bits per heavy atom. The lowest BCUT2D eigenvalue weighted by Crippen LogP contribution is -2.24. The minimum Gasteiger partial charge on any atom is -0.497 e. The van der Waals surface area contributed by atoms with E-state index in [9.17, 15) is 9.59 Å². The van der Waals surface area contributed by atoms with Crippen molar-refractivity contribution in [1.29, 1.82) is 0 Å². The summed E-state index contributed by atoms with van der Waals surface area (Å²) in [6, 6.07) is 25.1. The number of benzene rings is 3. The summed E-state index contributed by atoms with van der Waals surface area (Å²) >= 11 is 0. The van der Waals surface area contributed by atoms with E-state index in [1.54, 1.807) is 74.1 Å². The summed E-state index contributed by atoms with van der Waals surface area (Å²) in [5.41, 5.74) is 3.16. The van der Waals surface area contributed by atoms with Gasteiger partial charge in [0.2, 0.25) is 0 Å². The van der Waals surface area contributed by atoms with E-state index in [0.717, 1.165) is 11.1 Å². The van der Waals surface area contributed by atoms with Gasteiger partial charge in [0.05, 0.1) is 19.0 Å². The van der Waals surface area contributed by atoms with Crippen LogP contribution in [-0.2, 0) is 6.54 Å². The molecule has 9 heteroatoms. The first-order chi connectivity index (χ1) is 19.5. The van der Waals surface area contributed by atoms with E-state index in [-0.39, 0.29) is 17.3 Å². The van der Waals surface area contributed by atoms with Gasteiger partial charge in [-0.2, -0.15) is 9.78 Å². The first-order valence-corrected chi connectivity index (χ1v) is 12.6. The molecule has 0 atom stereocenters. The first-order valence-electron chi connectivity index (χ1n) is 12.6. The maximum Gasteiger partial charge on any atom is 0.299 e. The summed E-state index contributed by atoms with van der Waals surface area (Å²) in [6.45, 7) is 2.30. The van der Waals surface area contributed by atoms with Gasteiger partial charge in [-0.15, -0.1) is 0 Å². The lowest BCUT2D eigenvalue weighted by molar-refractivity contribution is 0.0951. The largest absolute Gasteiger partial charge is 0.497 e. The number of ether oxygens (including phenoxy) is 2. The molecular weight excluding hydrogens is 506 g/mol. The van der Waals surface area contributed by atoms with Crippen molar-refractivity contribution in [3.63, 3.8) is 0 Å². The average Bonchev–Trinajstić information content (AvgIpc) is 2.98. The molecule has 0 fully saturated rings. The van der Waals surface area contributed by atoms with Gasteiger partial charge in [-0.3, -0.25) is 14.6 Å². The van der Waals surface area contributed by atoms with Crippen LogP contribution in [0.25, 0.3) is 5.69 Å². The van der Waals surface area contributed by atoms with E-state index >= 15 is 0 Å². The molecule has 0 bridgehead atoms. The Balaban J connectivity index is 1.47. The molecule has 9 nitrogen and oxygen atoms in total. The second-order valence-corrected chi connectivity index (χ2v) is 8.97. The Bertz CT molecular complexity index is 1680. The van der Waals surface area contributed by atoms with Crippen molar-refractivity contribution >= 4 is 17.3 Å². The zero-order valence-corrected chi connectivity index (χ0v) is 22.0. The fraction of sp³-hybridized carbons (Fsp3) is 0.0968. The van der Waals surface area contributed by atoms with Crippen LogP contribution >= 0.6 is 0 Å². The van der Waals surface area contributed by atoms with Crippen LogP contribution in [0.1, 0.15) is 21.5 Å². The highest BCUT2D eigenvalue weighted by Gasteiger charge is 2.16. The third kappa shape index (κ3) is 6.16. The lowest BCUT2D eigenvalue weighted by Gasteiger charge is -2.15. The number of amides is 1. The summed E-state index contributed by atoms with van der Waals surface area (Å²) in [4.78, 5) is 30.6. The maximum atomic E-state index is 13.7. The van der Waals surface area contributed by atoms with Gasteiger partial charge >= 0.3 is 0 Å². The number of rotatable bonds is 9. The first kappa shape index (κ1) is 26.2. The quantitative estimate of drug-likeness (QED) is 0.261. The molecule has 0 unspecified atom stereocenters. The Labute approximate surface area is 231 Å². The minimum atomic E-state index is -0.429. The van der Waals surface area contributed by atoms with Crippen LogP contribution < -0.4 is 25.7 Å². The van der Waals surface area contributed by atoms with Crippen LogP contribution in [0.4, 0.5) is 11.4 Å². The fourth-order valence-electron chi connectivity index (χ4n) is 4.01. The van der Waals surface area contributed by atoms with Crippen LogP contribution in [-0.4, -0.2) is 27.8 Å². The molecule has 5 aromatic rings. The van der Waals surface area contributed by atoms with Crippen LogP contribution in [0.2, 0.25) is 0 Å². The molecule has 0 radical (unpaired) electrons. The van der Waals surface area contributed by atoms with Crippen LogP contribution in [0.15, 0.2) is 108 Å². The van der Waals surface area contributed by atoms with Gasteiger partial charge in [0.1, 0.15) is 11.5 Å². The molecule has 2 heterocycles. The number of methoxy groups -OCH3 is 1. The van der Waals surface area contributed by atoms with Crippen LogP contribution in [0.5, 0.6) is 17.2 Å². The zero-order chi connectivity index (χ0) is 27.9. The van der Waals surface area contributed by atoms with Crippen LogP contribution in [0.3, 0.4) is 0 Å². The van der Waals surface area contributed by atoms with Crippen molar-refractivity contribution in [2.45, 2.75) is 13.5 Å². The standard InChI is InChI=1S/C31H27N5O4/c1-21-6-3-10-27(16-21)40-28-20-34-36(25-11-13-26(39-2)14-12-25)31(38)29(28)35-24-9-4-8-23(17-24)30(37)33-19-22-7-5-15-32-18-22/h3-18,20,35H,19H2,1-2H3,(H,33,37). The number of pyridine rings is 1. The molecule has 0 aliphatic heterocycles. The molecule has 3 aromatic carbocycles. The fourth-order valence-corrected chi connectivity index (χ4v) is 4.01. The third-order valence-corrected chi connectivity index (χ3v) is 6.05. The summed E-state index contributed by atoms with van der Waals surface area (Å²) in [5.74, 6) is 1.21. The molecular formula is C31H27N5O4. The second kappa shape index (κ2) is 12.0. The van der Waals surface area contributed by atoms with Crippen molar-refractivity contribution in [3.8, 4) is 22.9 Å². The Morgan fingerprint density at radius 1 is 0.925 bits per heavy atom. The number of nitrogens with one attached hydrogen (secondary N) is 2. The number of hydrogen-bond acceptors (Lipinski definition) is 7. The van der Waals surface area contributed by atoms with Gasteiger partial charge in [0.15, 0.2) is 11.4 Å². The van der Waals surface area contributed by atoms with Gasteiger partial charge in [-0.25, -0.2) is 0 Å². The van der Waals surface area contributed by atoms with Crippen molar-refractivity contribution in [1.82, 2.24) is 20.1 Å². The number of anilines is 2. The Hall–Kier alpha value is -5.44. The van der Waals surface area contributed by atoms with Crippen LogP contribution in [0, 0.1) is 6.92 Å². The Morgan fingerprint density at radius 2 is 1.75 bits per heavy atom. The molecule has 200 valence electrons. The molecule has 0 aliphatic rings. The lowest BCUT2D eigenvalue weighted by atomic mass is 10.1. The summed E-state index contributed by atoms with van der Waals surface area (Å²) in [5, 5.41) is 10.4. The smallest absolute Gasteiger partial charge is 0.299 e. The van der Waals surface area contributed by atoms with E-state index in [1.165, 1.54) is 10.9 Å². The number of carbonyl (C=O) groups excluding carboxylic acids is 1. The number of nitrogens with zero attached hydrogens (tertiary/aromatic N) is 3. The zero-order valence-electron chi connectivity index (χ0n) is 22.0. The van der Waals surface area contributed by atoms with Crippen molar-refractivity contribution in [2.24, 2.45) is 0 Å². The molecule has 1 amide bonds.